The SMILES string of the molecule is COc1ccc2cc3cc(C(=O)NC4CCCC4)sc3[nH+]c2c1. The van der Waals surface area contributed by atoms with Crippen LogP contribution in [0.1, 0.15) is 35.4 Å². The number of aromatic nitrogens is 1. The van der Waals surface area contributed by atoms with Crippen LogP contribution in [0.3, 0.4) is 0 Å². The maximum absolute atomic E-state index is 12.4. The summed E-state index contributed by atoms with van der Waals surface area (Å²) in [6, 6.07) is 10.4. The molecule has 2 N–H and O–H groups in total. The van der Waals surface area contributed by atoms with Crippen LogP contribution in [0, 0.1) is 0 Å². The third kappa shape index (κ3) is 2.77. The van der Waals surface area contributed by atoms with Crippen molar-refractivity contribution >= 4 is 38.4 Å². The molecule has 1 aliphatic carbocycles. The van der Waals surface area contributed by atoms with Gasteiger partial charge in [-0.1, -0.05) is 24.2 Å². The van der Waals surface area contributed by atoms with Gasteiger partial charge in [-0.05, 0) is 37.1 Å². The molecule has 3 aromatic rings. The lowest BCUT2D eigenvalue weighted by atomic mass is 10.2. The molecular weight excluding hydrogens is 308 g/mol. The minimum absolute atomic E-state index is 0.0492. The molecule has 0 aliphatic heterocycles. The molecule has 23 heavy (non-hydrogen) atoms. The number of carbonyl (C=O) groups excluding carboxylic acids is 1. The van der Waals surface area contributed by atoms with Crippen molar-refractivity contribution in [2.24, 2.45) is 0 Å². The molecule has 2 heterocycles. The number of nitrogens with one attached hydrogen (secondary N) is 2. The van der Waals surface area contributed by atoms with Gasteiger partial charge in [-0.2, -0.15) is 4.98 Å². The summed E-state index contributed by atoms with van der Waals surface area (Å²) < 4.78 is 5.27. The van der Waals surface area contributed by atoms with E-state index in [0.717, 1.165) is 44.6 Å². The van der Waals surface area contributed by atoms with Gasteiger partial charge in [0.1, 0.15) is 5.75 Å². The monoisotopic (exact) mass is 327 g/mol. The number of aromatic amines is 1. The van der Waals surface area contributed by atoms with Gasteiger partial charge in [0.15, 0.2) is 0 Å². The van der Waals surface area contributed by atoms with E-state index in [9.17, 15) is 4.79 Å². The second-order valence-corrected chi connectivity index (χ2v) is 7.12. The van der Waals surface area contributed by atoms with Crippen LogP contribution in [-0.4, -0.2) is 19.1 Å². The largest absolute Gasteiger partial charge is 0.497 e. The predicted octanol–water partition coefficient (Wildman–Crippen LogP) is 3.55. The first-order valence-electron chi connectivity index (χ1n) is 7.97. The number of hydrogen-bond donors (Lipinski definition) is 1. The van der Waals surface area contributed by atoms with Crippen LogP contribution in [-0.2, 0) is 0 Å². The standard InChI is InChI=1S/C18H18N2O2S/c1-22-14-7-6-11-8-12-9-16(23-18(12)20-15(11)10-14)17(21)19-13-4-2-3-5-13/h6-10,13H,2-5H2,1H3,(H,19,21)/p+1. The Kier molecular flexibility index (Phi) is 3.65. The summed E-state index contributed by atoms with van der Waals surface area (Å²) in [6.45, 7) is 0. The van der Waals surface area contributed by atoms with Gasteiger partial charge in [-0.25, -0.2) is 0 Å². The minimum atomic E-state index is 0.0492. The van der Waals surface area contributed by atoms with Crippen molar-refractivity contribution in [1.82, 2.24) is 5.32 Å². The summed E-state index contributed by atoms with van der Waals surface area (Å²) >= 11 is 1.51. The summed E-state index contributed by atoms with van der Waals surface area (Å²) in [6.07, 6.45) is 4.65. The number of ether oxygens (including phenoxy) is 1. The fourth-order valence-electron chi connectivity index (χ4n) is 3.23. The number of methoxy groups -OCH3 is 1. The number of benzene rings is 1. The highest BCUT2D eigenvalue weighted by Gasteiger charge is 2.21. The summed E-state index contributed by atoms with van der Waals surface area (Å²) in [5.41, 5.74) is 1.02. The van der Waals surface area contributed by atoms with Gasteiger partial charge >= 0.3 is 0 Å². The molecule has 1 saturated carbocycles. The van der Waals surface area contributed by atoms with Gasteiger partial charge in [0, 0.05) is 11.4 Å². The first-order valence-corrected chi connectivity index (χ1v) is 8.79. The van der Waals surface area contributed by atoms with E-state index >= 15 is 0 Å². The van der Waals surface area contributed by atoms with Crippen molar-refractivity contribution in [1.29, 1.82) is 0 Å². The molecule has 0 saturated heterocycles. The van der Waals surface area contributed by atoms with Crippen molar-refractivity contribution in [3.05, 3.63) is 35.2 Å². The second-order valence-electron chi connectivity index (χ2n) is 6.07. The Morgan fingerprint density at radius 3 is 2.83 bits per heavy atom. The van der Waals surface area contributed by atoms with Crippen LogP contribution in [0.4, 0.5) is 0 Å². The number of pyridine rings is 1. The topological polar surface area (TPSA) is 52.5 Å². The summed E-state index contributed by atoms with van der Waals surface area (Å²) in [5, 5.41) is 5.34. The Morgan fingerprint density at radius 2 is 2.04 bits per heavy atom. The van der Waals surface area contributed by atoms with E-state index in [-0.39, 0.29) is 5.91 Å². The van der Waals surface area contributed by atoms with Crippen LogP contribution in [0.5, 0.6) is 5.75 Å². The zero-order valence-corrected chi connectivity index (χ0v) is 13.8. The molecule has 0 atom stereocenters. The van der Waals surface area contributed by atoms with Crippen molar-refractivity contribution in [3.8, 4) is 5.75 Å². The molecule has 4 nitrogen and oxygen atoms in total. The van der Waals surface area contributed by atoms with Gasteiger partial charge in [0.25, 0.3) is 10.7 Å². The summed E-state index contributed by atoms with van der Waals surface area (Å²) in [5.74, 6) is 0.872. The first-order chi connectivity index (χ1) is 11.2. The Labute approximate surface area is 138 Å². The van der Waals surface area contributed by atoms with E-state index < -0.39 is 0 Å². The quantitative estimate of drug-likeness (QED) is 0.800. The summed E-state index contributed by atoms with van der Waals surface area (Å²) in [4.78, 5) is 17.6. The smallest absolute Gasteiger partial charge is 0.268 e. The van der Waals surface area contributed by atoms with Crippen molar-refractivity contribution in [2.75, 3.05) is 7.11 Å². The molecule has 1 aliphatic rings. The average molecular weight is 327 g/mol. The minimum Gasteiger partial charge on any atom is -0.497 e. The number of rotatable bonds is 3. The van der Waals surface area contributed by atoms with E-state index in [0.29, 0.717) is 6.04 Å². The maximum atomic E-state index is 12.4. The highest BCUT2D eigenvalue weighted by Crippen LogP contribution is 2.27. The zero-order valence-electron chi connectivity index (χ0n) is 13.0. The number of H-pyrrole nitrogens is 1. The van der Waals surface area contributed by atoms with Crippen molar-refractivity contribution in [2.45, 2.75) is 31.7 Å². The number of carbonyl (C=O) groups is 1. The highest BCUT2D eigenvalue weighted by molar-refractivity contribution is 7.20. The molecule has 4 rings (SSSR count). The Bertz CT molecular complexity index is 881. The Hall–Kier alpha value is -2.14. The van der Waals surface area contributed by atoms with E-state index in [2.05, 4.69) is 16.4 Å². The second kappa shape index (κ2) is 5.81. The van der Waals surface area contributed by atoms with Crippen LogP contribution in [0.25, 0.3) is 21.1 Å². The van der Waals surface area contributed by atoms with Gasteiger partial charge in [-0.3, -0.25) is 4.79 Å². The number of hydrogen-bond acceptors (Lipinski definition) is 3. The molecular formula is C18H19N2O2S+. The molecule has 1 aromatic carbocycles. The first kappa shape index (κ1) is 14.5. The fourth-order valence-corrected chi connectivity index (χ4v) is 4.19. The molecule has 0 unspecified atom stereocenters. The molecule has 0 radical (unpaired) electrons. The van der Waals surface area contributed by atoms with Crippen LogP contribution < -0.4 is 15.0 Å². The lowest BCUT2D eigenvalue weighted by molar-refractivity contribution is -0.307. The molecule has 1 amide bonds. The lowest BCUT2D eigenvalue weighted by Gasteiger charge is -2.09. The van der Waals surface area contributed by atoms with Gasteiger partial charge in [0.05, 0.1) is 23.4 Å². The van der Waals surface area contributed by atoms with Crippen molar-refractivity contribution in [3.63, 3.8) is 0 Å². The predicted molar refractivity (Wildman–Crippen MR) is 92.2 cm³/mol. The van der Waals surface area contributed by atoms with Crippen LogP contribution in [0.15, 0.2) is 30.3 Å². The maximum Gasteiger partial charge on any atom is 0.268 e. The molecule has 2 aromatic heterocycles. The van der Waals surface area contributed by atoms with Crippen LogP contribution in [0.2, 0.25) is 0 Å². The average Bonchev–Trinajstić information content (AvgIpc) is 3.21. The molecule has 1 fully saturated rings. The van der Waals surface area contributed by atoms with Gasteiger partial charge < -0.3 is 10.1 Å². The molecule has 0 bridgehead atoms. The third-order valence-corrected chi connectivity index (χ3v) is 5.56. The Balaban J connectivity index is 1.68. The van der Waals surface area contributed by atoms with Gasteiger partial charge in [0.2, 0.25) is 5.52 Å². The number of fused-ring (bicyclic) bond motifs is 2. The van der Waals surface area contributed by atoms with E-state index in [4.69, 9.17) is 4.74 Å². The van der Waals surface area contributed by atoms with Crippen LogP contribution >= 0.6 is 11.3 Å². The highest BCUT2D eigenvalue weighted by atomic mass is 32.1. The zero-order chi connectivity index (χ0) is 15.8. The van der Waals surface area contributed by atoms with Gasteiger partial charge in [-0.15, -0.1) is 0 Å². The normalized spacial score (nSPS) is 15.3. The fraction of sp³-hybridized carbons (Fsp3) is 0.333. The van der Waals surface area contributed by atoms with E-state index in [1.807, 2.05) is 24.3 Å². The van der Waals surface area contributed by atoms with E-state index in [1.165, 1.54) is 24.2 Å². The van der Waals surface area contributed by atoms with E-state index in [1.54, 1.807) is 7.11 Å². The molecule has 5 heteroatoms. The van der Waals surface area contributed by atoms with Crippen molar-refractivity contribution < 1.29 is 14.5 Å². The lowest BCUT2D eigenvalue weighted by Crippen LogP contribution is -2.31. The number of thiophene rings is 1. The summed E-state index contributed by atoms with van der Waals surface area (Å²) in [7, 11) is 1.66. The number of amides is 1. The third-order valence-electron chi connectivity index (χ3n) is 4.49. The molecule has 0 spiro atoms. The Morgan fingerprint density at radius 1 is 1.22 bits per heavy atom. The molecule has 118 valence electrons.